The SMILES string of the molecule is CC(C)(C)OC(=O)C(O)C1CCCCN1. The minimum atomic E-state index is -1.04. The largest absolute Gasteiger partial charge is 0.458 e. The summed E-state index contributed by atoms with van der Waals surface area (Å²) in [7, 11) is 0. The van der Waals surface area contributed by atoms with Gasteiger partial charge in [-0.25, -0.2) is 4.79 Å². The number of carbonyl (C=O) groups is 1. The average molecular weight is 215 g/mol. The molecule has 1 aliphatic heterocycles. The van der Waals surface area contributed by atoms with E-state index in [0.29, 0.717) is 0 Å². The maximum Gasteiger partial charge on any atom is 0.337 e. The van der Waals surface area contributed by atoms with Gasteiger partial charge < -0.3 is 15.2 Å². The second-order valence-corrected chi connectivity index (χ2v) is 5.03. The van der Waals surface area contributed by atoms with E-state index in [4.69, 9.17) is 4.74 Å². The van der Waals surface area contributed by atoms with Gasteiger partial charge in [0.2, 0.25) is 0 Å². The number of nitrogens with one attached hydrogen (secondary N) is 1. The summed E-state index contributed by atoms with van der Waals surface area (Å²) >= 11 is 0. The van der Waals surface area contributed by atoms with Crippen LogP contribution in [0.5, 0.6) is 0 Å². The minimum Gasteiger partial charge on any atom is -0.458 e. The molecule has 0 bridgehead atoms. The van der Waals surface area contributed by atoms with Crippen LogP contribution in [-0.2, 0) is 9.53 Å². The van der Waals surface area contributed by atoms with Crippen molar-refractivity contribution in [1.82, 2.24) is 5.32 Å². The molecule has 0 aliphatic carbocycles. The number of rotatable bonds is 2. The Morgan fingerprint density at radius 3 is 2.60 bits per heavy atom. The Morgan fingerprint density at radius 1 is 1.47 bits per heavy atom. The standard InChI is InChI=1S/C11H21NO3/c1-11(2,3)15-10(14)9(13)8-6-4-5-7-12-8/h8-9,12-13H,4-7H2,1-3H3. The molecule has 2 atom stereocenters. The summed E-state index contributed by atoms with van der Waals surface area (Å²) in [4.78, 5) is 11.5. The summed E-state index contributed by atoms with van der Waals surface area (Å²) in [5, 5.41) is 12.9. The Balaban J connectivity index is 2.44. The van der Waals surface area contributed by atoms with Crippen LogP contribution in [0.1, 0.15) is 40.0 Å². The highest BCUT2D eigenvalue weighted by Gasteiger charge is 2.30. The maximum absolute atomic E-state index is 11.5. The number of hydrogen-bond acceptors (Lipinski definition) is 4. The topological polar surface area (TPSA) is 58.6 Å². The van der Waals surface area contributed by atoms with Crippen molar-refractivity contribution in [2.45, 2.75) is 57.8 Å². The first-order chi connectivity index (χ1) is 6.90. The van der Waals surface area contributed by atoms with Gasteiger partial charge in [-0.05, 0) is 40.2 Å². The quantitative estimate of drug-likeness (QED) is 0.670. The van der Waals surface area contributed by atoms with Crippen LogP contribution in [0.15, 0.2) is 0 Å². The minimum absolute atomic E-state index is 0.145. The molecule has 1 heterocycles. The molecule has 1 rings (SSSR count). The van der Waals surface area contributed by atoms with Crippen molar-refractivity contribution >= 4 is 5.97 Å². The average Bonchev–Trinajstić information content (AvgIpc) is 2.15. The highest BCUT2D eigenvalue weighted by Crippen LogP contribution is 2.14. The first kappa shape index (κ1) is 12.5. The van der Waals surface area contributed by atoms with Crippen molar-refractivity contribution in [3.63, 3.8) is 0 Å². The number of piperidine rings is 1. The molecule has 4 nitrogen and oxygen atoms in total. The lowest BCUT2D eigenvalue weighted by Crippen LogP contribution is -2.48. The summed E-state index contributed by atoms with van der Waals surface area (Å²) in [6.07, 6.45) is 1.96. The van der Waals surface area contributed by atoms with Crippen molar-refractivity contribution in [2.24, 2.45) is 0 Å². The predicted molar refractivity (Wildman–Crippen MR) is 57.5 cm³/mol. The number of ether oxygens (including phenoxy) is 1. The maximum atomic E-state index is 11.5. The molecule has 0 radical (unpaired) electrons. The molecule has 0 saturated carbocycles. The third-order valence-electron chi connectivity index (χ3n) is 2.38. The van der Waals surface area contributed by atoms with Crippen molar-refractivity contribution in [3.8, 4) is 0 Å². The van der Waals surface area contributed by atoms with E-state index in [1.165, 1.54) is 0 Å². The molecular weight excluding hydrogens is 194 g/mol. The van der Waals surface area contributed by atoms with Crippen LogP contribution >= 0.6 is 0 Å². The molecule has 15 heavy (non-hydrogen) atoms. The molecule has 88 valence electrons. The Labute approximate surface area is 91.0 Å². The van der Waals surface area contributed by atoms with Crippen LogP contribution in [-0.4, -0.2) is 35.4 Å². The molecule has 1 aliphatic rings. The van der Waals surface area contributed by atoms with E-state index >= 15 is 0 Å². The summed E-state index contributed by atoms with van der Waals surface area (Å²) in [5.41, 5.74) is -0.535. The Kier molecular flexibility index (Phi) is 4.11. The monoisotopic (exact) mass is 215 g/mol. The number of esters is 1. The van der Waals surface area contributed by atoms with E-state index in [0.717, 1.165) is 25.8 Å². The predicted octanol–water partition coefficient (Wildman–Crippen LogP) is 0.831. The molecule has 0 amide bonds. The highest BCUT2D eigenvalue weighted by atomic mass is 16.6. The molecule has 2 unspecified atom stereocenters. The summed E-state index contributed by atoms with van der Waals surface area (Å²) in [5.74, 6) is -0.526. The number of hydrogen-bond donors (Lipinski definition) is 2. The fourth-order valence-corrected chi connectivity index (χ4v) is 1.67. The normalized spacial score (nSPS) is 24.7. The van der Waals surface area contributed by atoms with E-state index in [9.17, 15) is 9.90 Å². The Bertz CT molecular complexity index is 216. The molecular formula is C11H21NO3. The van der Waals surface area contributed by atoms with Gasteiger partial charge in [-0.1, -0.05) is 6.42 Å². The molecule has 1 fully saturated rings. The van der Waals surface area contributed by atoms with Gasteiger partial charge in [0.25, 0.3) is 0 Å². The van der Waals surface area contributed by atoms with Crippen LogP contribution in [0.3, 0.4) is 0 Å². The van der Waals surface area contributed by atoms with Gasteiger partial charge in [-0.3, -0.25) is 0 Å². The number of aliphatic hydroxyl groups is 1. The van der Waals surface area contributed by atoms with Gasteiger partial charge >= 0.3 is 5.97 Å². The van der Waals surface area contributed by atoms with E-state index in [-0.39, 0.29) is 6.04 Å². The Morgan fingerprint density at radius 2 is 2.13 bits per heavy atom. The van der Waals surface area contributed by atoms with Crippen LogP contribution < -0.4 is 5.32 Å². The molecule has 0 spiro atoms. The second kappa shape index (κ2) is 4.94. The molecule has 1 saturated heterocycles. The van der Waals surface area contributed by atoms with Crippen LogP contribution in [0.4, 0.5) is 0 Å². The zero-order valence-corrected chi connectivity index (χ0v) is 9.75. The van der Waals surface area contributed by atoms with Gasteiger partial charge in [-0.2, -0.15) is 0 Å². The lowest BCUT2D eigenvalue weighted by atomic mass is 10.00. The van der Waals surface area contributed by atoms with Crippen molar-refractivity contribution in [1.29, 1.82) is 0 Å². The van der Waals surface area contributed by atoms with Gasteiger partial charge in [0.1, 0.15) is 5.60 Å². The lowest BCUT2D eigenvalue weighted by molar-refractivity contribution is -0.167. The van der Waals surface area contributed by atoms with Gasteiger partial charge in [0.05, 0.1) is 0 Å². The van der Waals surface area contributed by atoms with E-state index in [2.05, 4.69) is 5.32 Å². The summed E-state index contributed by atoms with van der Waals surface area (Å²) in [6.45, 7) is 6.26. The molecule has 4 heteroatoms. The number of carbonyl (C=O) groups excluding carboxylic acids is 1. The molecule has 2 N–H and O–H groups in total. The van der Waals surface area contributed by atoms with Crippen LogP contribution in [0.25, 0.3) is 0 Å². The highest BCUT2D eigenvalue weighted by molar-refractivity contribution is 5.75. The van der Waals surface area contributed by atoms with E-state index in [1.54, 1.807) is 20.8 Å². The first-order valence-electron chi connectivity index (χ1n) is 5.54. The van der Waals surface area contributed by atoms with E-state index < -0.39 is 17.7 Å². The zero-order chi connectivity index (χ0) is 11.5. The second-order valence-electron chi connectivity index (χ2n) is 5.03. The van der Waals surface area contributed by atoms with Crippen molar-refractivity contribution in [2.75, 3.05) is 6.54 Å². The molecule has 0 aromatic rings. The van der Waals surface area contributed by atoms with Crippen molar-refractivity contribution in [3.05, 3.63) is 0 Å². The van der Waals surface area contributed by atoms with Crippen LogP contribution in [0, 0.1) is 0 Å². The fourth-order valence-electron chi connectivity index (χ4n) is 1.67. The summed E-state index contributed by atoms with van der Waals surface area (Å²) < 4.78 is 5.12. The van der Waals surface area contributed by atoms with Crippen molar-refractivity contribution < 1.29 is 14.6 Å². The Hall–Kier alpha value is -0.610. The first-order valence-corrected chi connectivity index (χ1v) is 5.54. The number of aliphatic hydroxyl groups excluding tert-OH is 1. The lowest BCUT2D eigenvalue weighted by Gasteiger charge is -2.29. The zero-order valence-electron chi connectivity index (χ0n) is 9.75. The smallest absolute Gasteiger partial charge is 0.337 e. The van der Waals surface area contributed by atoms with Gasteiger partial charge in [0.15, 0.2) is 6.10 Å². The third kappa shape index (κ3) is 4.18. The van der Waals surface area contributed by atoms with Crippen LogP contribution in [0.2, 0.25) is 0 Å². The van der Waals surface area contributed by atoms with Gasteiger partial charge in [0, 0.05) is 6.04 Å². The molecule has 0 aromatic carbocycles. The molecule has 0 aromatic heterocycles. The fraction of sp³-hybridized carbons (Fsp3) is 0.909. The van der Waals surface area contributed by atoms with Gasteiger partial charge in [-0.15, -0.1) is 0 Å². The summed E-state index contributed by atoms with van der Waals surface area (Å²) in [6, 6.07) is -0.145. The van der Waals surface area contributed by atoms with E-state index in [1.807, 2.05) is 0 Å². The third-order valence-corrected chi connectivity index (χ3v) is 2.38.